The summed E-state index contributed by atoms with van der Waals surface area (Å²) in [7, 11) is 2.23. The standard InChI is InChI=1S/C23H34N4O/c1-18-16-22(19(2)27(18)17-20-10-7-8-13-24-20)23(28)25-14-9-15-26(3)21-11-5-4-6-12-21/h7-8,10,13,16,21H,4-6,9,11-12,14-15,17H2,1-3H3,(H,25,28). The monoisotopic (exact) mass is 382 g/mol. The number of hydrogen-bond acceptors (Lipinski definition) is 3. The van der Waals surface area contributed by atoms with Gasteiger partial charge in [-0.05, 0) is 64.9 Å². The van der Waals surface area contributed by atoms with Gasteiger partial charge in [-0.2, -0.15) is 0 Å². The highest BCUT2D eigenvalue weighted by Gasteiger charge is 2.18. The van der Waals surface area contributed by atoms with Crippen LogP contribution >= 0.6 is 0 Å². The minimum atomic E-state index is 0.0284. The van der Waals surface area contributed by atoms with E-state index in [0.717, 1.165) is 48.2 Å². The number of aromatic nitrogens is 2. The second kappa shape index (κ2) is 9.87. The molecular formula is C23H34N4O. The van der Waals surface area contributed by atoms with Crippen LogP contribution in [0.25, 0.3) is 0 Å². The fraction of sp³-hybridized carbons (Fsp3) is 0.565. The van der Waals surface area contributed by atoms with Crippen LogP contribution in [0.2, 0.25) is 0 Å². The highest BCUT2D eigenvalue weighted by atomic mass is 16.1. The summed E-state index contributed by atoms with van der Waals surface area (Å²) in [6.07, 6.45) is 9.56. The first-order valence-corrected chi connectivity index (χ1v) is 10.6. The Hall–Kier alpha value is -2.14. The van der Waals surface area contributed by atoms with Crippen molar-refractivity contribution in [1.29, 1.82) is 0 Å². The molecule has 0 atom stereocenters. The molecule has 2 heterocycles. The number of nitrogens with zero attached hydrogens (tertiary/aromatic N) is 3. The van der Waals surface area contributed by atoms with Gasteiger partial charge in [-0.3, -0.25) is 9.78 Å². The molecule has 0 bridgehead atoms. The predicted molar refractivity (Wildman–Crippen MR) is 114 cm³/mol. The number of carbonyl (C=O) groups excluding carboxylic acids is 1. The Kier molecular flexibility index (Phi) is 7.26. The fourth-order valence-corrected chi connectivity index (χ4v) is 4.26. The quantitative estimate of drug-likeness (QED) is 0.704. The van der Waals surface area contributed by atoms with Gasteiger partial charge in [0.2, 0.25) is 0 Å². The summed E-state index contributed by atoms with van der Waals surface area (Å²) in [5.41, 5.74) is 3.86. The van der Waals surface area contributed by atoms with Crippen molar-refractivity contribution in [3.05, 3.63) is 53.1 Å². The lowest BCUT2D eigenvalue weighted by atomic mass is 9.94. The Morgan fingerprint density at radius 2 is 2.04 bits per heavy atom. The number of rotatable bonds is 8. The Bertz CT molecular complexity index is 762. The zero-order chi connectivity index (χ0) is 19.9. The van der Waals surface area contributed by atoms with Gasteiger partial charge in [0, 0.05) is 30.2 Å². The van der Waals surface area contributed by atoms with Crippen LogP contribution in [-0.4, -0.2) is 46.5 Å². The third-order valence-electron chi connectivity index (χ3n) is 6.04. The molecule has 5 heteroatoms. The lowest BCUT2D eigenvalue weighted by Crippen LogP contribution is -2.35. The molecule has 0 unspecified atom stereocenters. The molecule has 1 N–H and O–H groups in total. The van der Waals surface area contributed by atoms with E-state index in [0.29, 0.717) is 6.54 Å². The number of pyridine rings is 1. The average molecular weight is 383 g/mol. The number of carbonyl (C=O) groups is 1. The summed E-state index contributed by atoms with van der Waals surface area (Å²) in [5.74, 6) is 0.0284. The molecule has 0 aromatic carbocycles. The lowest BCUT2D eigenvalue weighted by molar-refractivity contribution is 0.0950. The van der Waals surface area contributed by atoms with Crippen molar-refractivity contribution in [1.82, 2.24) is 19.8 Å². The Balaban J connectivity index is 1.49. The maximum atomic E-state index is 12.7. The molecular weight excluding hydrogens is 348 g/mol. The molecule has 2 aromatic heterocycles. The first kappa shape index (κ1) is 20.6. The molecule has 0 saturated heterocycles. The van der Waals surface area contributed by atoms with Crippen LogP contribution < -0.4 is 5.32 Å². The number of aryl methyl sites for hydroxylation is 1. The Morgan fingerprint density at radius 3 is 2.75 bits per heavy atom. The van der Waals surface area contributed by atoms with E-state index < -0.39 is 0 Å². The van der Waals surface area contributed by atoms with E-state index in [4.69, 9.17) is 0 Å². The molecule has 1 amide bonds. The van der Waals surface area contributed by atoms with Gasteiger partial charge in [0.25, 0.3) is 5.91 Å². The Labute approximate surface area is 169 Å². The van der Waals surface area contributed by atoms with Gasteiger partial charge in [-0.15, -0.1) is 0 Å². The van der Waals surface area contributed by atoms with Gasteiger partial charge in [-0.1, -0.05) is 25.3 Å². The molecule has 0 spiro atoms. The zero-order valence-electron chi connectivity index (χ0n) is 17.6. The van der Waals surface area contributed by atoms with E-state index >= 15 is 0 Å². The van der Waals surface area contributed by atoms with Crippen LogP contribution in [-0.2, 0) is 6.54 Å². The predicted octanol–water partition coefficient (Wildman–Crippen LogP) is 3.93. The molecule has 28 heavy (non-hydrogen) atoms. The van der Waals surface area contributed by atoms with Crippen molar-refractivity contribution in [2.45, 2.75) is 65.0 Å². The minimum Gasteiger partial charge on any atom is -0.352 e. The topological polar surface area (TPSA) is 50.2 Å². The molecule has 1 fully saturated rings. The summed E-state index contributed by atoms with van der Waals surface area (Å²) in [6, 6.07) is 8.65. The van der Waals surface area contributed by atoms with Gasteiger partial charge < -0.3 is 14.8 Å². The maximum Gasteiger partial charge on any atom is 0.253 e. The molecule has 0 aliphatic heterocycles. The van der Waals surface area contributed by atoms with Crippen molar-refractivity contribution in [3.63, 3.8) is 0 Å². The average Bonchev–Trinajstić information content (AvgIpc) is 3.00. The number of amides is 1. The van der Waals surface area contributed by atoms with Crippen LogP contribution in [0.4, 0.5) is 0 Å². The van der Waals surface area contributed by atoms with Gasteiger partial charge >= 0.3 is 0 Å². The van der Waals surface area contributed by atoms with Crippen LogP contribution in [0.1, 0.15) is 66.0 Å². The van der Waals surface area contributed by atoms with Crippen LogP contribution in [0.3, 0.4) is 0 Å². The Morgan fingerprint density at radius 1 is 1.25 bits per heavy atom. The molecule has 3 rings (SSSR count). The molecule has 2 aromatic rings. The molecule has 1 aliphatic rings. The van der Waals surface area contributed by atoms with E-state index in [1.54, 1.807) is 0 Å². The summed E-state index contributed by atoms with van der Waals surface area (Å²) in [4.78, 5) is 19.6. The maximum absolute atomic E-state index is 12.7. The van der Waals surface area contributed by atoms with Crippen molar-refractivity contribution >= 4 is 5.91 Å². The zero-order valence-corrected chi connectivity index (χ0v) is 17.6. The van der Waals surface area contributed by atoms with E-state index in [-0.39, 0.29) is 5.91 Å². The van der Waals surface area contributed by atoms with Gasteiger partial charge in [-0.25, -0.2) is 0 Å². The highest BCUT2D eigenvalue weighted by Crippen LogP contribution is 2.21. The number of nitrogens with one attached hydrogen (secondary N) is 1. The van der Waals surface area contributed by atoms with Crippen molar-refractivity contribution in [3.8, 4) is 0 Å². The van der Waals surface area contributed by atoms with E-state index in [2.05, 4.69) is 26.8 Å². The molecule has 0 radical (unpaired) electrons. The van der Waals surface area contributed by atoms with Crippen molar-refractivity contribution < 1.29 is 4.79 Å². The largest absolute Gasteiger partial charge is 0.352 e. The molecule has 152 valence electrons. The second-order valence-corrected chi connectivity index (χ2v) is 8.07. The second-order valence-electron chi connectivity index (χ2n) is 8.07. The summed E-state index contributed by atoms with van der Waals surface area (Å²) in [6.45, 7) is 6.52. The van der Waals surface area contributed by atoms with Gasteiger partial charge in [0.05, 0.1) is 17.8 Å². The third kappa shape index (κ3) is 5.22. The van der Waals surface area contributed by atoms with Crippen molar-refractivity contribution in [2.75, 3.05) is 20.1 Å². The lowest BCUT2D eigenvalue weighted by Gasteiger charge is -2.31. The van der Waals surface area contributed by atoms with Crippen molar-refractivity contribution in [2.24, 2.45) is 0 Å². The molecule has 1 aliphatic carbocycles. The van der Waals surface area contributed by atoms with Crippen LogP contribution in [0, 0.1) is 13.8 Å². The van der Waals surface area contributed by atoms with E-state index in [1.165, 1.54) is 32.1 Å². The first-order chi connectivity index (χ1) is 13.6. The smallest absolute Gasteiger partial charge is 0.253 e. The SMILES string of the molecule is Cc1cc(C(=O)NCCCN(C)C2CCCCC2)c(C)n1Cc1ccccn1. The molecule has 1 saturated carbocycles. The van der Waals surface area contributed by atoms with E-state index in [1.807, 2.05) is 44.3 Å². The third-order valence-corrected chi connectivity index (χ3v) is 6.04. The van der Waals surface area contributed by atoms with E-state index in [9.17, 15) is 4.79 Å². The summed E-state index contributed by atoms with van der Waals surface area (Å²) >= 11 is 0. The fourth-order valence-electron chi connectivity index (χ4n) is 4.26. The number of hydrogen-bond donors (Lipinski definition) is 1. The van der Waals surface area contributed by atoms with Gasteiger partial charge in [0.1, 0.15) is 0 Å². The highest BCUT2D eigenvalue weighted by molar-refractivity contribution is 5.95. The van der Waals surface area contributed by atoms with Crippen LogP contribution in [0.15, 0.2) is 30.5 Å². The summed E-state index contributed by atoms with van der Waals surface area (Å²) in [5, 5.41) is 3.11. The van der Waals surface area contributed by atoms with Crippen LogP contribution in [0.5, 0.6) is 0 Å². The first-order valence-electron chi connectivity index (χ1n) is 10.6. The normalized spacial score (nSPS) is 15.1. The minimum absolute atomic E-state index is 0.0284. The summed E-state index contributed by atoms with van der Waals surface area (Å²) < 4.78 is 2.16. The molecule has 5 nitrogen and oxygen atoms in total. The van der Waals surface area contributed by atoms with Gasteiger partial charge in [0.15, 0.2) is 0 Å².